The van der Waals surface area contributed by atoms with Gasteiger partial charge < -0.3 is 8.98 Å². The van der Waals surface area contributed by atoms with E-state index < -0.39 is 0 Å². The van der Waals surface area contributed by atoms with Crippen LogP contribution in [0.15, 0.2) is 211 Å². The van der Waals surface area contributed by atoms with Crippen molar-refractivity contribution in [3.8, 4) is 62.1 Å². The molecular formula is C55H34N4O. The standard InChI is InChI=1S/C55H34N4O/c1-3-13-35(14-4-1)37-23-27-39(28-24-37)53-56-54(40-29-25-38(26-30-40)36-15-5-2-6-16-36)58-55(57-53)43-33-49(52-45-20-10-12-22-50(45)60-51(52)34-43)59-47-21-11-9-19-44(47)46-31-41-17-7-8-18-42(41)32-48(46)59/h1-34H. The quantitative estimate of drug-likeness (QED) is 0.169. The molecule has 3 heterocycles. The van der Waals surface area contributed by atoms with E-state index in [2.05, 4.69) is 187 Å². The first-order chi connectivity index (χ1) is 29.7. The zero-order valence-corrected chi connectivity index (χ0v) is 32.3. The van der Waals surface area contributed by atoms with E-state index in [0.717, 1.165) is 77.6 Å². The highest BCUT2D eigenvalue weighted by Crippen LogP contribution is 2.42. The number of benzene rings is 9. The molecule has 0 aliphatic carbocycles. The van der Waals surface area contributed by atoms with Crippen LogP contribution < -0.4 is 0 Å². The fraction of sp³-hybridized carbons (Fsp3) is 0. The molecule has 0 atom stereocenters. The average molecular weight is 767 g/mol. The second-order valence-corrected chi connectivity index (χ2v) is 15.2. The van der Waals surface area contributed by atoms with Crippen molar-refractivity contribution in [3.63, 3.8) is 0 Å². The molecule has 0 aliphatic heterocycles. The van der Waals surface area contributed by atoms with Gasteiger partial charge >= 0.3 is 0 Å². The summed E-state index contributed by atoms with van der Waals surface area (Å²) in [5.74, 6) is 1.75. The lowest BCUT2D eigenvalue weighted by atomic mass is 10.0. The molecular weight excluding hydrogens is 733 g/mol. The number of hydrogen-bond acceptors (Lipinski definition) is 4. The van der Waals surface area contributed by atoms with Crippen LogP contribution in [0.3, 0.4) is 0 Å². The molecule has 60 heavy (non-hydrogen) atoms. The van der Waals surface area contributed by atoms with Crippen LogP contribution in [0.2, 0.25) is 0 Å². The van der Waals surface area contributed by atoms with Gasteiger partial charge in [0.1, 0.15) is 11.2 Å². The third-order valence-corrected chi connectivity index (χ3v) is 11.6. The van der Waals surface area contributed by atoms with E-state index in [1.807, 2.05) is 24.3 Å². The normalized spacial score (nSPS) is 11.7. The number of rotatable bonds is 6. The van der Waals surface area contributed by atoms with Crippen molar-refractivity contribution in [2.75, 3.05) is 0 Å². The number of aromatic nitrogens is 4. The molecule has 0 bridgehead atoms. The molecule has 0 fully saturated rings. The highest BCUT2D eigenvalue weighted by molar-refractivity contribution is 6.17. The summed E-state index contributed by atoms with van der Waals surface area (Å²) >= 11 is 0. The van der Waals surface area contributed by atoms with E-state index in [1.165, 1.54) is 21.5 Å². The molecule has 12 aromatic rings. The smallest absolute Gasteiger partial charge is 0.164 e. The summed E-state index contributed by atoms with van der Waals surface area (Å²) in [5, 5.41) is 6.86. The fourth-order valence-corrected chi connectivity index (χ4v) is 8.70. The number of furan rings is 1. The number of fused-ring (bicyclic) bond motifs is 7. The summed E-state index contributed by atoms with van der Waals surface area (Å²) in [6.07, 6.45) is 0. The minimum Gasteiger partial charge on any atom is -0.456 e. The Kier molecular flexibility index (Phi) is 7.78. The summed E-state index contributed by atoms with van der Waals surface area (Å²) < 4.78 is 9.09. The van der Waals surface area contributed by atoms with Gasteiger partial charge in [-0.1, -0.05) is 170 Å². The van der Waals surface area contributed by atoms with Gasteiger partial charge in [-0.25, -0.2) is 15.0 Å². The molecule has 280 valence electrons. The molecule has 0 aliphatic rings. The first-order valence-electron chi connectivity index (χ1n) is 20.2. The molecule has 3 aromatic heterocycles. The number of hydrogen-bond donors (Lipinski definition) is 0. The Bertz CT molecular complexity index is 3470. The van der Waals surface area contributed by atoms with Crippen LogP contribution in [0.5, 0.6) is 0 Å². The van der Waals surface area contributed by atoms with Crippen molar-refractivity contribution in [1.82, 2.24) is 19.5 Å². The van der Waals surface area contributed by atoms with Crippen molar-refractivity contribution in [1.29, 1.82) is 0 Å². The molecule has 0 N–H and O–H groups in total. The minimum atomic E-state index is 0.559. The van der Waals surface area contributed by atoms with Crippen LogP contribution in [0, 0.1) is 0 Å². The third kappa shape index (κ3) is 5.67. The predicted octanol–water partition coefficient (Wildman–Crippen LogP) is 14.4. The average Bonchev–Trinajstić information content (AvgIpc) is 3.86. The first kappa shape index (κ1) is 33.9. The van der Waals surface area contributed by atoms with Crippen LogP contribution in [0.25, 0.3) is 117 Å². The number of nitrogens with zero attached hydrogens (tertiary/aromatic N) is 4. The second-order valence-electron chi connectivity index (χ2n) is 15.2. The summed E-state index contributed by atoms with van der Waals surface area (Å²) in [6.45, 7) is 0. The first-order valence-corrected chi connectivity index (χ1v) is 20.2. The Morgan fingerprint density at radius 1 is 0.317 bits per heavy atom. The van der Waals surface area contributed by atoms with Gasteiger partial charge in [0.15, 0.2) is 17.5 Å². The zero-order chi connectivity index (χ0) is 39.6. The molecule has 0 unspecified atom stereocenters. The van der Waals surface area contributed by atoms with Gasteiger partial charge in [-0.05, 0) is 69.4 Å². The summed E-state index contributed by atoms with van der Waals surface area (Å²) in [4.78, 5) is 15.6. The van der Waals surface area contributed by atoms with Gasteiger partial charge in [-0.3, -0.25) is 0 Å². The molecule has 0 saturated heterocycles. The van der Waals surface area contributed by atoms with Gasteiger partial charge in [0, 0.05) is 32.8 Å². The van der Waals surface area contributed by atoms with Crippen LogP contribution in [0.4, 0.5) is 0 Å². The van der Waals surface area contributed by atoms with Crippen molar-refractivity contribution in [2.45, 2.75) is 0 Å². The lowest BCUT2D eigenvalue weighted by molar-refractivity contribution is 0.669. The lowest BCUT2D eigenvalue weighted by Crippen LogP contribution is -2.01. The molecule has 12 rings (SSSR count). The molecule has 0 spiro atoms. The minimum absolute atomic E-state index is 0.559. The van der Waals surface area contributed by atoms with Gasteiger partial charge in [0.05, 0.1) is 22.1 Å². The summed E-state index contributed by atoms with van der Waals surface area (Å²) in [6, 6.07) is 72.2. The summed E-state index contributed by atoms with van der Waals surface area (Å²) in [5.41, 5.74) is 12.0. The van der Waals surface area contributed by atoms with Crippen molar-refractivity contribution < 1.29 is 4.42 Å². The maximum atomic E-state index is 6.70. The lowest BCUT2D eigenvalue weighted by Gasteiger charge is -2.13. The van der Waals surface area contributed by atoms with Gasteiger partial charge in [0.2, 0.25) is 0 Å². The maximum Gasteiger partial charge on any atom is 0.164 e. The Morgan fingerprint density at radius 3 is 1.43 bits per heavy atom. The van der Waals surface area contributed by atoms with Crippen molar-refractivity contribution >= 4 is 54.5 Å². The molecule has 0 saturated carbocycles. The van der Waals surface area contributed by atoms with E-state index in [4.69, 9.17) is 19.4 Å². The van der Waals surface area contributed by atoms with Crippen LogP contribution >= 0.6 is 0 Å². The third-order valence-electron chi connectivity index (χ3n) is 11.6. The van der Waals surface area contributed by atoms with E-state index in [9.17, 15) is 0 Å². The van der Waals surface area contributed by atoms with Crippen molar-refractivity contribution in [2.24, 2.45) is 0 Å². The molecule has 9 aromatic carbocycles. The second kappa shape index (κ2) is 13.8. The SMILES string of the molecule is c1ccc(-c2ccc(-c3nc(-c4ccc(-c5ccccc5)cc4)nc(-c4cc(-n5c6ccccc6c6cc7ccccc7cc65)c5c(c4)oc4ccccc45)n3)cc2)cc1. The monoisotopic (exact) mass is 766 g/mol. The molecule has 0 radical (unpaired) electrons. The van der Waals surface area contributed by atoms with Gasteiger partial charge in [0.25, 0.3) is 0 Å². The highest BCUT2D eigenvalue weighted by atomic mass is 16.3. The highest BCUT2D eigenvalue weighted by Gasteiger charge is 2.22. The molecule has 0 amide bonds. The van der Waals surface area contributed by atoms with Gasteiger partial charge in [-0.2, -0.15) is 0 Å². The van der Waals surface area contributed by atoms with E-state index in [0.29, 0.717) is 17.5 Å². The topological polar surface area (TPSA) is 56.7 Å². The Morgan fingerprint density at radius 2 is 0.800 bits per heavy atom. The van der Waals surface area contributed by atoms with Crippen LogP contribution in [-0.4, -0.2) is 19.5 Å². The molecule has 5 heteroatoms. The number of para-hydroxylation sites is 2. The van der Waals surface area contributed by atoms with Crippen molar-refractivity contribution in [3.05, 3.63) is 206 Å². The fourth-order valence-electron chi connectivity index (χ4n) is 8.70. The molecule has 5 nitrogen and oxygen atoms in total. The Labute approximate surface area is 345 Å². The summed E-state index contributed by atoms with van der Waals surface area (Å²) in [7, 11) is 0. The maximum absolute atomic E-state index is 6.70. The van der Waals surface area contributed by atoms with E-state index >= 15 is 0 Å². The largest absolute Gasteiger partial charge is 0.456 e. The predicted molar refractivity (Wildman–Crippen MR) is 246 cm³/mol. The Balaban J connectivity index is 1.10. The Hall–Kier alpha value is -8.15. The van der Waals surface area contributed by atoms with Crippen LogP contribution in [0.1, 0.15) is 0 Å². The van der Waals surface area contributed by atoms with Gasteiger partial charge in [-0.15, -0.1) is 0 Å². The zero-order valence-electron chi connectivity index (χ0n) is 32.3. The van der Waals surface area contributed by atoms with E-state index in [1.54, 1.807) is 0 Å². The van der Waals surface area contributed by atoms with E-state index in [-0.39, 0.29) is 0 Å². The van der Waals surface area contributed by atoms with Crippen LogP contribution in [-0.2, 0) is 0 Å².